The van der Waals surface area contributed by atoms with E-state index in [2.05, 4.69) is 93.8 Å². The molecule has 28 heavy (non-hydrogen) atoms. The molecule has 0 bridgehead atoms. The summed E-state index contributed by atoms with van der Waals surface area (Å²) in [5, 5.41) is 0. The molecule has 0 aliphatic carbocycles. The summed E-state index contributed by atoms with van der Waals surface area (Å²) < 4.78 is 0. The minimum Gasteiger partial charge on any atom is -0.374 e. The highest BCUT2D eigenvalue weighted by atomic mass is 15.1. The molecule has 0 amide bonds. The molecule has 0 saturated heterocycles. The van der Waals surface area contributed by atoms with Gasteiger partial charge < -0.3 is 4.90 Å². The van der Waals surface area contributed by atoms with Gasteiger partial charge in [0, 0.05) is 25.7 Å². The van der Waals surface area contributed by atoms with Crippen molar-refractivity contribution < 1.29 is 0 Å². The maximum atomic E-state index is 5.34. The molecule has 0 unspecified atom stereocenters. The van der Waals surface area contributed by atoms with Gasteiger partial charge in [0.25, 0.3) is 0 Å². The molecule has 0 fully saturated rings. The standard InChI is InChI=1S/C27H35N/c1-7-11-14-27(13-8-2)22-28(6)23(5)21-25(10-4)15-12-16-26-19-17-24(9-3)18-20-26/h1,10-15,17-20H,5,8-9,16,21-22H2,2-4,6H3/b14-11-,15-12-,25-10+,27-13+. The van der Waals surface area contributed by atoms with Crippen molar-refractivity contribution in [2.75, 3.05) is 13.6 Å². The Bertz CT molecular complexity index is 763. The Labute approximate surface area is 172 Å². The van der Waals surface area contributed by atoms with Gasteiger partial charge in [-0.25, -0.2) is 0 Å². The number of hydrogen-bond acceptors (Lipinski definition) is 1. The van der Waals surface area contributed by atoms with E-state index in [1.54, 1.807) is 6.08 Å². The zero-order valence-electron chi connectivity index (χ0n) is 18.0. The third kappa shape index (κ3) is 8.78. The fraction of sp³-hybridized carbons (Fsp3) is 0.333. The lowest BCUT2D eigenvalue weighted by Gasteiger charge is -2.23. The van der Waals surface area contributed by atoms with Crippen LogP contribution in [0.2, 0.25) is 0 Å². The van der Waals surface area contributed by atoms with Crippen LogP contribution in [-0.2, 0) is 12.8 Å². The second-order valence-electron chi connectivity index (χ2n) is 6.93. The third-order valence-electron chi connectivity index (χ3n) is 4.72. The number of likely N-dealkylation sites (N-methyl/N-ethyl adjacent to an activating group) is 1. The molecule has 0 N–H and O–H groups in total. The molecule has 1 aromatic rings. The second kappa shape index (κ2) is 13.4. The maximum absolute atomic E-state index is 5.34. The molecule has 1 heteroatoms. The molecule has 0 heterocycles. The molecule has 0 aliphatic heterocycles. The summed E-state index contributed by atoms with van der Waals surface area (Å²) in [5.41, 5.74) is 6.32. The van der Waals surface area contributed by atoms with Crippen molar-refractivity contribution in [3.05, 3.63) is 95.3 Å². The number of terminal acetylenes is 1. The Balaban J connectivity index is 2.62. The minimum atomic E-state index is 0.815. The van der Waals surface area contributed by atoms with Crippen LogP contribution in [0.4, 0.5) is 0 Å². The SMILES string of the molecule is C#C/C=C\C(=C/CC)CN(C)C(=C)CC(/C=C\Cc1ccc(CC)cc1)=C/C. The van der Waals surface area contributed by atoms with Gasteiger partial charge in [-0.1, -0.05) is 74.9 Å². The van der Waals surface area contributed by atoms with E-state index < -0.39 is 0 Å². The normalized spacial score (nSPS) is 12.5. The quantitative estimate of drug-likeness (QED) is 0.310. The second-order valence-corrected chi connectivity index (χ2v) is 6.93. The van der Waals surface area contributed by atoms with Gasteiger partial charge >= 0.3 is 0 Å². The van der Waals surface area contributed by atoms with Crippen LogP contribution in [0.3, 0.4) is 0 Å². The molecule has 1 nitrogen and oxygen atoms in total. The summed E-state index contributed by atoms with van der Waals surface area (Å²) in [4.78, 5) is 2.20. The van der Waals surface area contributed by atoms with Crippen LogP contribution in [-0.4, -0.2) is 18.5 Å². The van der Waals surface area contributed by atoms with E-state index in [0.29, 0.717) is 0 Å². The number of hydrogen-bond donors (Lipinski definition) is 0. The molecule has 0 saturated carbocycles. The van der Waals surface area contributed by atoms with Crippen molar-refractivity contribution in [3.8, 4) is 12.3 Å². The van der Waals surface area contributed by atoms with Crippen LogP contribution in [0, 0.1) is 12.3 Å². The third-order valence-corrected chi connectivity index (χ3v) is 4.72. The van der Waals surface area contributed by atoms with Crippen molar-refractivity contribution in [2.45, 2.75) is 46.5 Å². The van der Waals surface area contributed by atoms with E-state index in [-0.39, 0.29) is 0 Å². The van der Waals surface area contributed by atoms with E-state index in [0.717, 1.165) is 37.9 Å². The zero-order chi connectivity index (χ0) is 20.8. The van der Waals surface area contributed by atoms with Crippen molar-refractivity contribution in [3.63, 3.8) is 0 Å². The van der Waals surface area contributed by atoms with E-state index in [4.69, 9.17) is 6.42 Å². The first-order valence-electron chi connectivity index (χ1n) is 10.1. The molecular weight excluding hydrogens is 338 g/mol. The highest BCUT2D eigenvalue weighted by molar-refractivity contribution is 5.29. The molecule has 1 rings (SSSR count). The van der Waals surface area contributed by atoms with E-state index >= 15 is 0 Å². The fourth-order valence-electron chi connectivity index (χ4n) is 2.87. The topological polar surface area (TPSA) is 3.24 Å². The molecule has 0 atom stereocenters. The molecule has 1 aromatic carbocycles. The van der Waals surface area contributed by atoms with Gasteiger partial charge in [0.1, 0.15) is 0 Å². The Morgan fingerprint density at radius 2 is 1.79 bits per heavy atom. The Hall–Kier alpha value is -2.72. The van der Waals surface area contributed by atoms with Crippen molar-refractivity contribution in [2.24, 2.45) is 0 Å². The molecule has 0 spiro atoms. The fourth-order valence-corrected chi connectivity index (χ4v) is 2.87. The van der Waals surface area contributed by atoms with Gasteiger partial charge in [-0.3, -0.25) is 0 Å². The lowest BCUT2D eigenvalue weighted by atomic mass is 10.1. The zero-order valence-corrected chi connectivity index (χ0v) is 18.0. The summed E-state index contributed by atoms with van der Waals surface area (Å²) >= 11 is 0. The highest BCUT2D eigenvalue weighted by Gasteiger charge is 2.05. The molecule has 148 valence electrons. The predicted octanol–water partition coefficient (Wildman–Crippen LogP) is 6.66. The lowest BCUT2D eigenvalue weighted by molar-refractivity contribution is 0.448. The van der Waals surface area contributed by atoms with Crippen LogP contribution in [0.25, 0.3) is 0 Å². The highest BCUT2D eigenvalue weighted by Crippen LogP contribution is 2.16. The average molecular weight is 374 g/mol. The Morgan fingerprint density at radius 3 is 2.36 bits per heavy atom. The molecule has 0 radical (unpaired) electrons. The number of allylic oxidation sites excluding steroid dienone is 6. The van der Waals surface area contributed by atoms with Crippen molar-refractivity contribution >= 4 is 0 Å². The van der Waals surface area contributed by atoms with Gasteiger partial charge in [-0.15, -0.1) is 6.42 Å². The summed E-state index contributed by atoms with van der Waals surface area (Å²) in [6, 6.07) is 8.87. The monoisotopic (exact) mass is 373 g/mol. The van der Waals surface area contributed by atoms with Crippen molar-refractivity contribution in [1.82, 2.24) is 4.90 Å². The van der Waals surface area contributed by atoms with Crippen LogP contribution in [0.15, 0.2) is 84.1 Å². The van der Waals surface area contributed by atoms with Gasteiger partial charge in [0.05, 0.1) is 0 Å². The van der Waals surface area contributed by atoms with E-state index in [9.17, 15) is 0 Å². The Morgan fingerprint density at radius 1 is 1.11 bits per heavy atom. The van der Waals surface area contributed by atoms with Gasteiger partial charge in [0.2, 0.25) is 0 Å². The first kappa shape index (κ1) is 23.3. The van der Waals surface area contributed by atoms with Crippen LogP contribution >= 0.6 is 0 Å². The first-order valence-corrected chi connectivity index (χ1v) is 10.1. The summed E-state index contributed by atoms with van der Waals surface area (Å²) in [6.07, 6.45) is 21.8. The minimum absolute atomic E-state index is 0.815. The lowest BCUT2D eigenvalue weighted by Crippen LogP contribution is -2.19. The molecular formula is C27H35N. The summed E-state index contributed by atoms with van der Waals surface area (Å²) in [7, 11) is 2.09. The molecule has 0 aliphatic rings. The van der Waals surface area contributed by atoms with Crippen molar-refractivity contribution in [1.29, 1.82) is 0 Å². The van der Waals surface area contributed by atoms with Gasteiger partial charge in [-0.05, 0) is 60.6 Å². The van der Waals surface area contributed by atoms with Crippen LogP contribution in [0.1, 0.15) is 44.7 Å². The number of rotatable bonds is 11. The number of nitrogens with zero attached hydrogens (tertiary/aromatic N) is 1. The smallest absolute Gasteiger partial charge is 0.0420 e. The van der Waals surface area contributed by atoms with E-state index in [1.165, 1.54) is 22.3 Å². The summed E-state index contributed by atoms with van der Waals surface area (Å²) in [5.74, 6) is 2.56. The summed E-state index contributed by atoms with van der Waals surface area (Å²) in [6.45, 7) is 11.5. The first-order chi connectivity index (χ1) is 13.5. The van der Waals surface area contributed by atoms with E-state index in [1.807, 2.05) is 6.08 Å². The average Bonchev–Trinajstić information content (AvgIpc) is 2.71. The Kier molecular flexibility index (Phi) is 11.2. The van der Waals surface area contributed by atoms with Gasteiger partial charge in [0.15, 0.2) is 0 Å². The number of benzene rings is 1. The van der Waals surface area contributed by atoms with Crippen LogP contribution in [0.5, 0.6) is 0 Å². The maximum Gasteiger partial charge on any atom is 0.0420 e. The van der Waals surface area contributed by atoms with Gasteiger partial charge in [-0.2, -0.15) is 0 Å². The largest absolute Gasteiger partial charge is 0.374 e. The molecule has 0 aromatic heterocycles. The number of aryl methyl sites for hydroxylation is 1. The predicted molar refractivity (Wildman–Crippen MR) is 125 cm³/mol. The van der Waals surface area contributed by atoms with Crippen LogP contribution < -0.4 is 0 Å².